The second-order valence-corrected chi connectivity index (χ2v) is 4.71. The predicted molar refractivity (Wildman–Crippen MR) is 68.0 cm³/mol. The van der Waals surface area contributed by atoms with Crippen LogP contribution in [0.4, 0.5) is 5.69 Å². The maximum absolute atomic E-state index is 10.7. The fourth-order valence-corrected chi connectivity index (χ4v) is 2.12. The van der Waals surface area contributed by atoms with Gasteiger partial charge in [-0.3, -0.25) is 9.00 Å². The van der Waals surface area contributed by atoms with Gasteiger partial charge in [-0.2, -0.15) is 0 Å². The Kier molecular flexibility index (Phi) is 5.54. The predicted octanol–water partition coefficient (Wildman–Crippen LogP) is 1.06. The van der Waals surface area contributed by atoms with E-state index in [1.807, 2.05) is 0 Å². The van der Waals surface area contributed by atoms with Gasteiger partial charge in [0, 0.05) is 22.2 Å². The first kappa shape index (κ1) is 14.9. The molecule has 1 rings (SSSR count). The first-order chi connectivity index (χ1) is 8.43. The summed E-state index contributed by atoms with van der Waals surface area (Å²) in [5.74, 6) is -1.49. The standard InChI is InChI=1S/C10H13ClN2O4S/c11-7-1-2-8(6(5-12)3-10(14)15)9(4-7)13-18(16)17/h1-2,4,6,13H,3,5,12H2,(H,14,15)(H,16,17)/p-1/t6-/m0/s1. The van der Waals surface area contributed by atoms with Gasteiger partial charge < -0.3 is 20.1 Å². The van der Waals surface area contributed by atoms with E-state index in [-0.39, 0.29) is 18.7 Å². The first-order valence-corrected chi connectivity index (χ1v) is 6.46. The third kappa shape index (κ3) is 4.26. The second kappa shape index (κ2) is 6.69. The Balaban J connectivity index is 3.11. The van der Waals surface area contributed by atoms with Gasteiger partial charge in [0.05, 0.1) is 12.1 Å². The fraction of sp³-hybridized carbons (Fsp3) is 0.300. The second-order valence-electron chi connectivity index (χ2n) is 3.60. The summed E-state index contributed by atoms with van der Waals surface area (Å²) in [5.41, 5.74) is 6.26. The number of carboxylic acid groups (broad SMARTS) is 1. The van der Waals surface area contributed by atoms with Crippen LogP contribution in [0.2, 0.25) is 5.02 Å². The highest BCUT2D eigenvalue weighted by Crippen LogP contribution is 2.29. The molecule has 0 heterocycles. The lowest BCUT2D eigenvalue weighted by Crippen LogP contribution is -2.18. The van der Waals surface area contributed by atoms with Crippen molar-refractivity contribution in [3.8, 4) is 0 Å². The van der Waals surface area contributed by atoms with E-state index in [0.29, 0.717) is 10.6 Å². The molecule has 0 spiro atoms. The maximum Gasteiger partial charge on any atom is 0.304 e. The number of anilines is 1. The van der Waals surface area contributed by atoms with Crippen LogP contribution >= 0.6 is 11.6 Å². The van der Waals surface area contributed by atoms with Crippen molar-refractivity contribution in [1.82, 2.24) is 0 Å². The molecule has 0 fully saturated rings. The summed E-state index contributed by atoms with van der Waals surface area (Å²) in [5, 5.41) is 9.13. The molecule has 0 aliphatic heterocycles. The molecule has 1 aromatic rings. The zero-order valence-electron chi connectivity index (χ0n) is 9.26. The molecule has 18 heavy (non-hydrogen) atoms. The largest absolute Gasteiger partial charge is 0.755 e. The smallest absolute Gasteiger partial charge is 0.304 e. The number of nitrogens with two attached hydrogens (primary N) is 1. The zero-order chi connectivity index (χ0) is 13.7. The van der Waals surface area contributed by atoms with Gasteiger partial charge in [-0.1, -0.05) is 17.7 Å². The van der Waals surface area contributed by atoms with Gasteiger partial charge >= 0.3 is 5.97 Å². The third-order valence-electron chi connectivity index (χ3n) is 2.35. The summed E-state index contributed by atoms with van der Waals surface area (Å²) in [7, 11) is 0. The van der Waals surface area contributed by atoms with Gasteiger partial charge in [0.15, 0.2) is 0 Å². The van der Waals surface area contributed by atoms with Crippen molar-refractivity contribution in [3.63, 3.8) is 0 Å². The van der Waals surface area contributed by atoms with Gasteiger partial charge in [0.2, 0.25) is 0 Å². The summed E-state index contributed by atoms with van der Waals surface area (Å²) in [6.07, 6.45) is -0.182. The Morgan fingerprint density at radius 3 is 2.78 bits per heavy atom. The van der Waals surface area contributed by atoms with Crippen molar-refractivity contribution < 1.29 is 18.7 Å². The molecule has 0 aliphatic carbocycles. The molecular formula is C10H12ClN2O4S-. The number of rotatable bonds is 6. The van der Waals surface area contributed by atoms with Crippen molar-refractivity contribution in [2.75, 3.05) is 11.3 Å². The SMILES string of the molecule is NC[C@H](CC(=O)O)c1ccc(Cl)cc1NS(=O)[O-]. The van der Waals surface area contributed by atoms with E-state index >= 15 is 0 Å². The molecule has 0 aromatic heterocycles. The molecule has 0 bridgehead atoms. The average molecular weight is 292 g/mol. The summed E-state index contributed by atoms with van der Waals surface area (Å²) < 4.78 is 23.5. The van der Waals surface area contributed by atoms with Gasteiger partial charge in [-0.15, -0.1) is 0 Å². The van der Waals surface area contributed by atoms with Crippen molar-refractivity contribution in [1.29, 1.82) is 0 Å². The van der Waals surface area contributed by atoms with E-state index in [1.54, 1.807) is 12.1 Å². The van der Waals surface area contributed by atoms with Gasteiger partial charge in [0.1, 0.15) is 0 Å². The lowest BCUT2D eigenvalue weighted by atomic mass is 9.94. The minimum absolute atomic E-state index is 0.0914. The van der Waals surface area contributed by atoms with E-state index in [2.05, 4.69) is 4.72 Å². The lowest BCUT2D eigenvalue weighted by Gasteiger charge is -2.19. The quantitative estimate of drug-likeness (QED) is 0.678. The van der Waals surface area contributed by atoms with Crippen LogP contribution in [0.3, 0.4) is 0 Å². The summed E-state index contributed by atoms with van der Waals surface area (Å²) in [4.78, 5) is 10.7. The number of hydrogen-bond donors (Lipinski definition) is 3. The van der Waals surface area contributed by atoms with Gasteiger partial charge in [-0.25, -0.2) is 0 Å². The molecule has 1 unspecified atom stereocenters. The van der Waals surface area contributed by atoms with E-state index < -0.39 is 23.2 Å². The maximum atomic E-state index is 10.7. The highest BCUT2D eigenvalue weighted by atomic mass is 35.5. The first-order valence-electron chi connectivity index (χ1n) is 5.01. The normalized spacial score (nSPS) is 13.9. The van der Waals surface area contributed by atoms with Crippen LogP contribution in [-0.4, -0.2) is 26.4 Å². The number of halogens is 1. The van der Waals surface area contributed by atoms with E-state index in [4.69, 9.17) is 22.4 Å². The van der Waals surface area contributed by atoms with Crippen LogP contribution in [0, 0.1) is 0 Å². The molecule has 0 saturated heterocycles. The molecule has 0 saturated carbocycles. The van der Waals surface area contributed by atoms with Crippen LogP contribution < -0.4 is 10.5 Å². The summed E-state index contributed by atoms with van der Waals surface area (Å²) in [6.45, 7) is 0.0914. The molecule has 2 atom stereocenters. The fourth-order valence-electron chi connectivity index (χ4n) is 1.59. The number of carbonyl (C=O) groups is 1. The number of hydrogen-bond acceptors (Lipinski definition) is 4. The zero-order valence-corrected chi connectivity index (χ0v) is 10.8. The number of nitrogens with one attached hydrogen (secondary N) is 1. The highest BCUT2D eigenvalue weighted by molar-refractivity contribution is 7.80. The minimum atomic E-state index is -2.51. The number of benzene rings is 1. The van der Waals surface area contributed by atoms with E-state index in [1.165, 1.54) is 6.07 Å². The van der Waals surface area contributed by atoms with Crippen LogP contribution in [0.15, 0.2) is 18.2 Å². The van der Waals surface area contributed by atoms with E-state index in [9.17, 15) is 13.6 Å². The molecule has 8 heteroatoms. The molecule has 0 radical (unpaired) electrons. The van der Waals surface area contributed by atoms with Crippen LogP contribution in [-0.2, 0) is 16.1 Å². The molecule has 100 valence electrons. The molecule has 0 amide bonds. The number of carboxylic acids is 1. The monoisotopic (exact) mass is 291 g/mol. The Bertz CT molecular complexity index is 469. The van der Waals surface area contributed by atoms with E-state index in [0.717, 1.165) is 0 Å². The minimum Gasteiger partial charge on any atom is -0.755 e. The third-order valence-corrected chi connectivity index (χ3v) is 2.98. The highest BCUT2D eigenvalue weighted by Gasteiger charge is 2.17. The van der Waals surface area contributed by atoms with Crippen LogP contribution in [0.25, 0.3) is 0 Å². The summed E-state index contributed by atoms with van der Waals surface area (Å²) >= 11 is 3.25. The van der Waals surface area contributed by atoms with Gasteiger partial charge in [0.25, 0.3) is 0 Å². The average Bonchev–Trinajstić information content (AvgIpc) is 2.25. The van der Waals surface area contributed by atoms with Crippen molar-refractivity contribution in [2.24, 2.45) is 5.73 Å². The van der Waals surface area contributed by atoms with Crippen molar-refractivity contribution in [3.05, 3.63) is 28.8 Å². The molecular weight excluding hydrogens is 280 g/mol. The summed E-state index contributed by atoms with van der Waals surface area (Å²) in [6, 6.07) is 4.54. The molecule has 4 N–H and O–H groups in total. The Morgan fingerprint density at radius 2 is 2.28 bits per heavy atom. The number of aliphatic carboxylic acids is 1. The Morgan fingerprint density at radius 1 is 1.61 bits per heavy atom. The molecule has 6 nitrogen and oxygen atoms in total. The van der Waals surface area contributed by atoms with Crippen LogP contribution in [0.1, 0.15) is 17.9 Å². The van der Waals surface area contributed by atoms with Crippen LogP contribution in [0.5, 0.6) is 0 Å². The van der Waals surface area contributed by atoms with Crippen molar-refractivity contribution >= 4 is 34.5 Å². The molecule has 1 aromatic carbocycles. The Labute approximate surface area is 112 Å². The van der Waals surface area contributed by atoms with Crippen molar-refractivity contribution in [2.45, 2.75) is 12.3 Å². The molecule has 0 aliphatic rings. The Hall–Kier alpha value is -1.15. The topological polar surface area (TPSA) is 115 Å². The lowest BCUT2D eigenvalue weighted by molar-refractivity contribution is -0.137. The van der Waals surface area contributed by atoms with Gasteiger partial charge in [-0.05, 0) is 24.2 Å².